The van der Waals surface area contributed by atoms with E-state index in [9.17, 15) is 30.8 Å². The van der Waals surface area contributed by atoms with Crippen molar-refractivity contribution in [3.05, 3.63) is 70.1 Å². The molecule has 1 amide bonds. The van der Waals surface area contributed by atoms with E-state index in [2.05, 4.69) is 5.01 Å². The Kier molecular flexibility index (Phi) is 8.10. The third-order valence-corrected chi connectivity index (χ3v) is 8.79. The van der Waals surface area contributed by atoms with E-state index in [-0.39, 0.29) is 16.7 Å². The molecule has 5 rings (SSSR count). The van der Waals surface area contributed by atoms with Crippen molar-refractivity contribution in [3.8, 4) is 22.7 Å². The highest BCUT2D eigenvalue weighted by Gasteiger charge is 2.36. The molecule has 2 aliphatic heterocycles. The minimum atomic E-state index is -4.63. The molecule has 2 aromatic carbocycles. The molecule has 0 spiro atoms. The molecule has 0 bridgehead atoms. The van der Waals surface area contributed by atoms with Crippen molar-refractivity contribution in [1.82, 2.24) is 14.6 Å². The van der Waals surface area contributed by atoms with Gasteiger partial charge in [-0.3, -0.25) is 9.80 Å². The summed E-state index contributed by atoms with van der Waals surface area (Å²) < 4.78 is 82.3. The van der Waals surface area contributed by atoms with Crippen molar-refractivity contribution in [1.29, 1.82) is 0 Å². The van der Waals surface area contributed by atoms with Gasteiger partial charge >= 0.3 is 16.3 Å². The van der Waals surface area contributed by atoms with E-state index in [4.69, 9.17) is 15.8 Å². The number of benzene rings is 2. The quantitative estimate of drug-likeness (QED) is 0.231. The highest BCUT2D eigenvalue weighted by Crippen LogP contribution is 2.40. The number of carbonyl (C=O) groups excluding carboxylic acids is 1. The number of aromatic nitrogens is 1. The number of halogens is 5. The van der Waals surface area contributed by atoms with Crippen LogP contribution >= 0.6 is 11.6 Å². The fraction of sp³-hybridized carbons (Fsp3) is 0.393. The largest absolute Gasteiger partial charge is 0.390 e. The van der Waals surface area contributed by atoms with E-state index in [1.165, 1.54) is 30.3 Å². The summed E-state index contributed by atoms with van der Waals surface area (Å²) in [6.07, 6.45) is -2.50. The Balaban J connectivity index is 1.55. The first kappa shape index (κ1) is 29.4. The number of hydrazine groups is 1. The Morgan fingerprint density at radius 1 is 1.00 bits per heavy atom. The molecular weight excluding hydrogens is 586 g/mol. The zero-order chi connectivity index (χ0) is 29.5. The van der Waals surface area contributed by atoms with Gasteiger partial charge in [-0.1, -0.05) is 18.0 Å². The predicted octanol–water partition coefficient (Wildman–Crippen LogP) is 6.31. The fourth-order valence-corrected chi connectivity index (χ4v) is 6.69. The van der Waals surface area contributed by atoms with Crippen LogP contribution in [0.4, 0.5) is 17.6 Å². The average molecular weight is 614 g/mol. The van der Waals surface area contributed by atoms with Crippen LogP contribution in [0.1, 0.15) is 47.3 Å². The van der Waals surface area contributed by atoms with Gasteiger partial charge < -0.3 is 8.75 Å². The summed E-state index contributed by atoms with van der Waals surface area (Å²) in [4.78, 5) is 13.9. The van der Waals surface area contributed by atoms with Crippen LogP contribution in [-0.2, 0) is 16.5 Å². The number of amides is 1. The second kappa shape index (κ2) is 11.3. The molecule has 13 heteroatoms. The Hall–Kier alpha value is -3.09. The number of nitrogens with zero attached hydrogens (tertiary/aromatic N) is 3. The van der Waals surface area contributed by atoms with Crippen LogP contribution in [0, 0.1) is 12.7 Å². The number of hydrogen-bond acceptors (Lipinski definition) is 5. The predicted molar refractivity (Wildman–Crippen MR) is 146 cm³/mol. The molecule has 7 nitrogen and oxygen atoms in total. The van der Waals surface area contributed by atoms with Crippen LogP contribution in [0.3, 0.4) is 0 Å². The first-order chi connectivity index (χ1) is 19.3. The van der Waals surface area contributed by atoms with Gasteiger partial charge in [0.15, 0.2) is 0 Å². The van der Waals surface area contributed by atoms with Gasteiger partial charge in [0, 0.05) is 31.7 Å². The molecule has 3 heterocycles. The topological polar surface area (TPSA) is 71.8 Å². The molecule has 0 unspecified atom stereocenters. The van der Waals surface area contributed by atoms with Gasteiger partial charge in [0.25, 0.3) is 5.91 Å². The van der Waals surface area contributed by atoms with E-state index in [0.29, 0.717) is 41.0 Å². The molecule has 0 saturated carbocycles. The first-order valence-electron chi connectivity index (χ1n) is 13.2. The Morgan fingerprint density at radius 2 is 1.68 bits per heavy atom. The van der Waals surface area contributed by atoms with Gasteiger partial charge in [-0.05, 0) is 73.4 Å². The lowest BCUT2D eigenvalue weighted by Gasteiger charge is -2.39. The van der Waals surface area contributed by atoms with Gasteiger partial charge in [-0.2, -0.15) is 21.6 Å². The maximum absolute atomic E-state index is 14.0. The van der Waals surface area contributed by atoms with E-state index in [1.54, 1.807) is 17.1 Å². The Bertz CT molecular complexity index is 1570. The standard InChI is InChI=1S/C28H28ClF4N3O4S/c1-18-25-24(11-15-35(27(25)37)34-13-3-2-4-14-34)36(23-10-7-20(30)17-22(23)29)26(18)19-5-8-21(9-6-19)40-41(38,39)16-12-28(31,32)33/h5-10,17H,2-4,11-16H2,1H3. The molecule has 0 aliphatic carbocycles. The van der Waals surface area contributed by atoms with Gasteiger partial charge in [-0.15, -0.1) is 0 Å². The summed E-state index contributed by atoms with van der Waals surface area (Å²) in [6.45, 7) is 3.87. The van der Waals surface area contributed by atoms with Crippen LogP contribution in [0.15, 0.2) is 42.5 Å². The molecular formula is C28H28ClF4N3O4S. The van der Waals surface area contributed by atoms with E-state index in [1.807, 2.05) is 11.5 Å². The van der Waals surface area contributed by atoms with E-state index < -0.39 is 34.3 Å². The molecule has 0 radical (unpaired) electrons. The van der Waals surface area contributed by atoms with Gasteiger partial charge in [0.1, 0.15) is 11.6 Å². The monoisotopic (exact) mass is 613 g/mol. The first-order valence-corrected chi connectivity index (χ1v) is 15.2. The van der Waals surface area contributed by atoms with Crippen molar-refractivity contribution >= 4 is 27.6 Å². The summed E-state index contributed by atoms with van der Waals surface area (Å²) >= 11 is 6.49. The Morgan fingerprint density at radius 3 is 2.32 bits per heavy atom. The number of hydrogen-bond donors (Lipinski definition) is 0. The van der Waals surface area contributed by atoms with Crippen LogP contribution in [0.25, 0.3) is 16.9 Å². The molecule has 41 heavy (non-hydrogen) atoms. The molecule has 2 aliphatic rings. The third-order valence-electron chi connectivity index (χ3n) is 7.33. The zero-order valence-corrected chi connectivity index (χ0v) is 23.8. The summed E-state index contributed by atoms with van der Waals surface area (Å²) in [5, 5.41) is 4.02. The second-order valence-corrected chi connectivity index (χ2v) is 12.3. The third kappa shape index (κ3) is 6.24. The number of alkyl halides is 3. The minimum Gasteiger partial charge on any atom is -0.382 e. The average Bonchev–Trinajstić information content (AvgIpc) is 3.21. The number of fused-ring (bicyclic) bond motifs is 1. The summed E-state index contributed by atoms with van der Waals surface area (Å²) in [5.74, 6) is -2.01. The summed E-state index contributed by atoms with van der Waals surface area (Å²) in [6, 6.07) is 9.80. The summed E-state index contributed by atoms with van der Waals surface area (Å²) in [7, 11) is -4.47. The lowest BCUT2D eigenvalue weighted by molar-refractivity contribution is -0.130. The van der Waals surface area contributed by atoms with Gasteiger partial charge in [-0.25, -0.2) is 9.40 Å². The van der Waals surface area contributed by atoms with Crippen molar-refractivity contribution in [2.45, 2.75) is 45.2 Å². The highest BCUT2D eigenvalue weighted by molar-refractivity contribution is 7.87. The van der Waals surface area contributed by atoms with Crippen molar-refractivity contribution in [2.24, 2.45) is 0 Å². The number of rotatable bonds is 7. The van der Waals surface area contributed by atoms with Gasteiger partial charge in [0.2, 0.25) is 0 Å². The van der Waals surface area contributed by atoms with E-state index in [0.717, 1.165) is 38.0 Å². The number of piperidine rings is 1. The summed E-state index contributed by atoms with van der Waals surface area (Å²) in [5.41, 5.74) is 3.56. The van der Waals surface area contributed by atoms with Crippen molar-refractivity contribution < 1.29 is 35.0 Å². The molecule has 0 atom stereocenters. The van der Waals surface area contributed by atoms with Gasteiger partial charge in [0.05, 0.1) is 34.1 Å². The molecule has 1 saturated heterocycles. The lowest BCUT2D eigenvalue weighted by Crippen LogP contribution is -2.51. The maximum atomic E-state index is 14.0. The maximum Gasteiger partial charge on any atom is 0.390 e. The zero-order valence-electron chi connectivity index (χ0n) is 22.2. The molecule has 0 N–H and O–H groups in total. The smallest absolute Gasteiger partial charge is 0.382 e. The Labute approximate surface area is 240 Å². The SMILES string of the molecule is Cc1c2c(n(-c3ccc(F)cc3Cl)c1-c1ccc(OS(=O)(=O)CCC(F)(F)F)cc1)CCN(N1CCCCC1)C2=O. The van der Waals surface area contributed by atoms with Crippen LogP contribution in [0.5, 0.6) is 5.75 Å². The van der Waals surface area contributed by atoms with Crippen molar-refractivity contribution in [3.63, 3.8) is 0 Å². The second-order valence-electron chi connectivity index (χ2n) is 10.2. The van der Waals surface area contributed by atoms with Crippen molar-refractivity contribution in [2.75, 3.05) is 25.4 Å². The fourth-order valence-electron chi connectivity index (χ4n) is 5.47. The molecule has 1 fully saturated rings. The van der Waals surface area contributed by atoms with Crippen LogP contribution < -0.4 is 4.18 Å². The molecule has 220 valence electrons. The van der Waals surface area contributed by atoms with Crippen LogP contribution in [0.2, 0.25) is 5.02 Å². The normalized spacial score (nSPS) is 16.6. The minimum absolute atomic E-state index is 0.139. The van der Waals surface area contributed by atoms with E-state index >= 15 is 0 Å². The highest BCUT2D eigenvalue weighted by atomic mass is 35.5. The number of carbonyl (C=O) groups is 1. The molecule has 3 aromatic rings. The lowest BCUT2D eigenvalue weighted by atomic mass is 10.0. The molecule has 1 aromatic heterocycles. The van der Waals surface area contributed by atoms with Crippen LogP contribution in [-0.4, -0.2) is 60.5 Å².